The number of hydrogen-bond donors (Lipinski definition) is 0. The molecular formula is C48H31N3S2. The maximum Gasteiger partial charge on any atom is 0.0555 e. The Bertz CT molecular complexity index is 2850. The number of benzene rings is 8. The van der Waals surface area contributed by atoms with Gasteiger partial charge in [0.2, 0.25) is 0 Å². The first-order chi connectivity index (χ1) is 26.3. The van der Waals surface area contributed by atoms with Crippen LogP contribution in [-0.4, -0.2) is 0 Å². The molecule has 1 aliphatic heterocycles. The van der Waals surface area contributed by atoms with E-state index in [9.17, 15) is 0 Å². The molecular weight excluding hydrogens is 683 g/mol. The van der Waals surface area contributed by atoms with Gasteiger partial charge in [-0.05, 0) is 103 Å². The van der Waals surface area contributed by atoms with Gasteiger partial charge in [0, 0.05) is 63.1 Å². The monoisotopic (exact) mass is 713 g/mol. The molecule has 11 rings (SSSR count). The lowest BCUT2D eigenvalue weighted by atomic mass is 10.1. The van der Waals surface area contributed by atoms with Gasteiger partial charge in [0.05, 0.1) is 28.4 Å². The van der Waals surface area contributed by atoms with Crippen molar-refractivity contribution in [2.45, 2.75) is 0 Å². The van der Waals surface area contributed by atoms with Crippen LogP contribution in [0.2, 0.25) is 0 Å². The van der Waals surface area contributed by atoms with Crippen LogP contribution in [0.25, 0.3) is 40.3 Å². The van der Waals surface area contributed by atoms with Crippen molar-refractivity contribution in [3.05, 3.63) is 188 Å². The molecule has 0 fully saturated rings. The van der Waals surface area contributed by atoms with Crippen LogP contribution in [0.3, 0.4) is 0 Å². The first kappa shape index (κ1) is 30.2. The van der Waals surface area contributed by atoms with Crippen molar-refractivity contribution < 1.29 is 0 Å². The fourth-order valence-corrected chi connectivity index (χ4v) is 10.3. The van der Waals surface area contributed by atoms with Crippen LogP contribution in [0.1, 0.15) is 0 Å². The van der Waals surface area contributed by atoms with Crippen LogP contribution in [0, 0.1) is 0 Å². The molecule has 0 aliphatic carbocycles. The Hall–Kier alpha value is -6.40. The fourth-order valence-electron chi connectivity index (χ4n) is 8.06. The van der Waals surface area contributed by atoms with Gasteiger partial charge in [-0.2, -0.15) is 0 Å². The summed E-state index contributed by atoms with van der Waals surface area (Å²) < 4.78 is 5.15. The Kier molecular flexibility index (Phi) is 6.90. The molecule has 0 radical (unpaired) electrons. The maximum absolute atomic E-state index is 2.45. The van der Waals surface area contributed by atoms with E-state index in [0.29, 0.717) is 0 Å². The van der Waals surface area contributed by atoms with Crippen LogP contribution in [0.5, 0.6) is 0 Å². The second-order valence-electron chi connectivity index (χ2n) is 13.4. The summed E-state index contributed by atoms with van der Waals surface area (Å²) in [6, 6.07) is 68.7. The summed E-state index contributed by atoms with van der Waals surface area (Å²) in [5.41, 5.74) is 10.0. The highest BCUT2D eigenvalue weighted by molar-refractivity contribution is 7.26. The molecule has 8 aromatic carbocycles. The third kappa shape index (κ3) is 4.86. The van der Waals surface area contributed by atoms with Crippen LogP contribution in [-0.2, 0) is 0 Å². The zero-order chi connectivity index (χ0) is 34.9. The predicted molar refractivity (Wildman–Crippen MR) is 230 cm³/mol. The Morgan fingerprint density at radius 2 is 0.830 bits per heavy atom. The van der Waals surface area contributed by atoms with Gasteiger partial charge in [0.15, 0.2) is 0 Å². The number of nitrogens with zero attached hydrogens (tertiary/aromatic N) is 3. The lowest BCUT2D eigenvalue weighted by Gasteiger charge is -2.32. The maximum atomic E-state index is 2.45. The molecule has 5 heteroatoms. The largest absolute Gasteiger partial charge is 0.310 e. The van der Waals surface area contributed by atoms with Gasteiger partial charge < -0.3 is 14.7 Å². The zero-order valence-corrected chi connectivity index (χ0v) is 30.2. The van der Waals surface area contributed by atoms with Gasteiger partial charge in [-0.15, -0.1) is 22.7 Å². The normalized spacial score (nSPS) is 12.5. The summed E-state index contributed by atoms with van der Waals surface area (Å²) in [6.07, 6.45) is 0. The number of fused-ring (bicyclic) bond motifs is 5. The van der Waals surface area contributed by atoms with Crippen molar-refractivity contribution in [3.63, 3.8) is 0 Å². The number of anilines is 9. The lowest BCUT2D eigenvalue weighted by molar-refractivity contribution is 1.24. The summed E-state index contributed by atoms with van der Waals surface area (Å²) >= 11 is 3.72. The average Bonchev–Trinajstić information content (AvgIpc) is 3.79. The summed E-state index contributed by atoms with van der Waals surface area (Å²) in [7, 11) is 0. The molecule has 0 N–H and O–H groups in total. The molecule has 0 saturated heterocycles. The van der Waals surface area contributed by atoms with Crippen LogP contribution < -0.4 is 14.7 Å². The lowest BCUT2D eigenvalue weighted by Crippen LogP contribution is -2.15. The minimum Gasteiger partial charge on any atom is -0.310 e. The predicted octanol–water partition coefficient (Wildman–Crippen LogP) is 15.1. The van der Waals surface area contributed by atoms with Gasteiger partial charge in [-0.3, -0.25) is 0 Å². The van der Waals surface area contributed by atoms with E-state index in [1.165, 1.54) is 51.7 Å². The van der Waals surface area contributed by atoms with E-state index in [1.807, 2.05) is 22.7 Å². The summed E-state index contributed by atoms with van der Waals surface area (Å²) in [5, 5.41) is 5.11. The van der Waals surface area contributed by atoms with Gasteiger partial charge >= 0.3 is 0 Å². The second-order valence-corrected chi connectivity index (χ2v) is 15.6. The van der Waals surface area contributed by atoms with E-state index < -0.39 is 0 Å². The molecule has 0 spiro atoms. The van der Waals surface area contributed by atoms with Gasteiger partial charge in [0.1, 0.15) is 0 Å². The molecule has 10 aromatic rings. The summed E-state index contributed by atoms with van der Waals surface area (Å²) in [5.74, 6) is 0. The van der Waals surface area contributed by atoms with Crippen molar-refractivity contribution in [2.75, 3.05) is 14.7 Å². The van der Waals surface area contributed by atoms with E-state index in [1.54, 1.807) is 0 Å². The molecule has 2 bridgehead atoms. The fraction of sp³-hybridized carbons (Fsp3) is 0. The van der Waals surface area contributed by atoms with Crippen molar-refractivity contribution in [1.82, 2.24) is 0 Å². The molecule has 3 nitrogen and oxygen atoms in total. The third-order valence-electron chi connectivity index (χ3n) is 10.3. The van der Waals surface area contributed by atoms with Crippen LogP contribution in [0.4, 0.5) is 51.2 Å². The molecule has 2 aromatic heterocycles. The molecule has 0 saturated carbocycles. The molecule has 0 unspecified atom stereocenters. The van der Waals surface area contributed by atoms with Crippen molar-refractivity contribution in [3.8, 4) is 0 Å². The SMILES string of the molecule is c1ccc(N(c2cc3cc(c2)N(c2ccccc2)c2cccc4sc5cccc(c5c24)N3c2ccccc2)c2ccc3sc4ccccc4c3c2)cc1. The molecule has 250 valence electrons. The average molecular weight is 714 g/mol. The van der Waals surface area contributed by atoms with E-state index in [2.05, 4.69) is 203 Å². The summed E-state index contributed by atoms with van der Waals surface area (Å²) in [6.45, 7) is 0. The Labute approximate surface area is 315 Å². The molecule has 53 heavy (non-hydrogen) atoms. The van der Waals surface area contributed by atoms with Crippen molar-refractivity contribution in [1.29, 1.82) is 0 Å². The smallest absolute Gasteiger partial charge is 0.0555 e. The highest BCUT2D eigenvalue weighted by atomic mass is 32.1. The number of hydrogen-bond acceptors (Lipinski definition) is 5. The Balaban J connectivity index is 1.25. The number of thiophene rings is 2. The first-order valence-electron chi connectivity index (χ1n) is 17.8. The van der Waals surface area contributed by atoms with Crippen LogP contribution >= 0.6 is 22.7 Å². The Morgan fingerprint density at radius 1 is 0.321 bits per heavy atom. The summed E-state index contributed by atoms with van der Waals surface area (Å²) in [4.78, 5) is 7.32. The van der Waals surface area contributed by atoms with Crippen LogP contribution in [0.15, 0.2) is 188 Å². The highest BCUT2D eigenvalue weighted by Gasteiger charge is 2.28. The second kappa shape index (κ2) is 12.1. The minimum absolute atomic E-state index is 1.08. The van der Waals surface area contributed by atoms with E-state index in [-0.39, 0.29) is 0 Å². The molecule has 0 atom stereocenters. The van der Waals surface area contributed by atoms with Gasteiger partial charge in [-0.1, -0.05) is 84.9 Å². The van der Waals surface area contributed by atoms with E-state index in [4.69, 9.17) is 0 Å². The molecule has 1 aliphatic rings. The molecule has 0 amide bonds. The molecule has 3 heterocycles. The van der Waals surface area contributed by atoms with Crippen molar-refractivity contribution in [2.24, 2.45) is 0 Å². The third-order valence-corrected chi connectivity index (χ3v) is 12.6. The first-order valence-corrected chi connectivity index (χ1v) is 19.5. The minimum atomic E-state index is 1.08. The number of para-hydroxylation sites is 3. The van der Waals surface area contributed by atoms with E-state index >= 15 is 0 Å². The van der Waals surface area contributed by atoms with Gasteiger partial charge in [0.25, 0.3) is 0 Å². The standard InChI is InChI=1S/C48H31N3S2/c1-4-14-32(15-5-1)49(35-26-27-44-40(31-35)39-20-10-11-23-43(39)52-44)36-28-37-30-38(29-36)51(34-18-8-3-9-19-34)42-22-13-25-46-48(42)47-41(21-12-24-45(47)53-46)50(37)33-16-6-2-7-17-33/h1-31H. The highest BCUT2D eigenvalue weighted by Crippen LogP contribution is 2.53. The van der Waals surface area contributed by atoms with Gasteiger partial charge in [-0.25, -0.2) is 0 Å². The number of rotatable bonds is 5. The van der Waals surface area contributed by atoms with Crippen molar-refractivity contribution >= 4 is 114 Å². The quantitative estimate of drug-likeness (QED) is 0.176. The topological polar surface area (TPSA) is 9.72 Å². The van der Waals surface area contributed by atoms with E-state index in [0.717, 1.165) is 39.8 Å². The zero-order valence-electron chi connectivity index (χ0n) is 28.6. The Morgan fingerprint density at radius 3 is 1.45 bits per heavy atom.